The van der Waals surface area contributed by atoms with Gasteiger partial charge in [0, 0.05) is 0 Å². The number of rotatable bonds is 1. The van der Waals surface area contributed by atoms with Crippen molar-refractivity contribution in [2.75, 3.05) is 0 Å². The lowest BCUT2D eigenvalue weighted by atomic mass is 9.33. The molecule has 4 bridgehead atoms. The van der Waals surface area contributed by atoms with Crippen LogP contribution in [0.4, 0.5) is 0 Å². The fraction of sp³-hybridized carbons (Fsp3) is 0.867. The predicted molar refractivity (Wildman–Crippen MR) is 65.9 cm³/mol. The van der Waals surface area contributed by atoms with Crippen molar-refractivity contribution in [3.8, 4) is 0 Å². The maximum atomic E-state index is 9.97. The zero-order valence-electron chi connectivity index (χ0n) is 10.7. The van der Waals surface area contributed by atoms with Crippen LogP contribution in [-0.4, -0.2) is 11.2 Å². The van der Waals surface area contributed by atoms with Crippen LogP contribution >= 0.6 is 0 Å². The topological polar surface area (TPSA) is 20.2 Å². The van der Waals surface area contributed by atoms with E-state index in [1.165, 1.54) is 12.8 Å². The molecule has 90 valence electrons. The van der Waals surface area contributed by atoms with Crippen molar-refractivity contribution in [1.29, 1.82) is 0 Å². The molecule has 0 aromatic carbocycles. The van der Waals surface area contributed by atoms with Crippen LogP contribution in [-0.2, 0) is 0 Å². The molecule has 1 nitrogen and oxygen atoms in total. The number of aliphatic hydroxyl groups is 1. The quantitative estimate of drug-likeness (QED) is 0.673. The third-order valence-electron chi connectivity index (χ3n) is 6.08. The summed E-state index contributed by atoms with van der Waals surface area (Å²) in [6, 6.07) is 0. The van der Waals surface area contributed by atoms with E-state index in [1.807, 2.05) is 0 Å². The van der Waals surface area contributed by atoms with Crippen LogP contribution < -0.4 is 0 Å². The van der Waals surface area contributed by atoms with Gasteiger partial charge >= 0.3 is 0 Å². The summed E-state index contributed by atoms with van der Waals surface area (Å²) in [6.45, 7) is 11.3. The highest BCUT2D eigenvalue weighted by Crippen LogP contribution is 2.72. The van der Waals surface area contributed by atoms with Gasteiger partial charge in [0.25, 0.3) is 0 Å². The second-order valence-corrected chi connectivity index (χ2v) is 6.94. The van der Waals surface area contributed by atoms with Crippen LogP contribution in [0.5, 0.6) is 0 Å². The van der Waals surface area contributed by atoms with E-state index in [4.69, 9.17) is 0 Å². The maximum Gasteiger partial charge on any atom is 0.0753 e. The highest BCUT2D eigenvalue weighted by molar-refractivity contribution is 5.29. The largest absolute Gasteiger partial charge is 0.389 e. The number of hydrogen-bond acceptors (Lipinski definition) is 1. The molecule has 0 aromatic rings. The van der Waals surface area contributed by atoms with E-state index >= 15 is 0 Å². The molecule has 0 saturated heterocycles. The van der Waals surface area contributed by atoms with E-state index in [9.17, 15) is 5.11 Å². The van der Waals surface area contributed by atoms with Crippen molar-refractivity contribution < 1.29 is 5.11 Å². The lowest BCUT2D eigenvalue weighted by molar-refractivity contribution is -0.211. The zero-order valence-corrected chi connectivity index (χ0v) is 10.7. The van der Waals surface area contributed by atoms with Crippen molar-refractivity contribution >= 4 is 0 Å². The Labute approximate surface area is 98.9 Å². The summed E-state index contributed by atoms with van der Waals surface area (Å²) in [6.07, 6.45) is 3.53. The van der Waals surface area contributed by atoms with Crippen LogP contribution in [0.1, 0.15) is 40.0 Å². The average molecular weight is 220 g/mol. The Hall–Kier alpha value is -0.300. The van der Waals surface area contributed by atoms with Gasteiger partial charge in [-0.1, -0.05) is 27.4 Å². The first-order valence-corrected chi connectivity index (χ1v) is 6.83. The summed E-state index contributed by atoms with van der Waals surface area (Å²) in [7, 11) is 0. The summed E-state index contributed by atoms with van der Waals surface area (Å²) in [5, 5.41) is 9.97. The number of hydrogen-bond donors (Lipinski definition) is 1. The molecular formula is C15H24O. The van der Waals surface area contributed by atoms with Crippen molar-refractivity contribution in [1.82, 2.24) is 0 Å². The molecule has 4 aliphatic rings. The third-order valence-corrected chi connectivity index (χ3v) is 6.08. The van der Waals surface area contributed by atoms with Gasteiger partial charge in [0.15, 0.2) is 0 Å². The third kappa shape index (κ3) is 1.06. The van der Waals surface area contributed by atoms with Gasteiger partial charge in [-0.25, -0.2) is 0 Å². The van der Waals surface area contributed by atoms with Gasteiger partial charge in [-0.3, -0.25) is 0 Å². The summed E-state index contributed by atoms with van der Waals surface area (Å²) < 4.78 is 0. The molecule has 0 spiro atoms. The summed E-state index contributed by atoms with van der Waals surface area (Å²) in [5.41, 5.74) is 1.65. The van der Waals surface area contributed by atoms with Gasteiger partial charge in [0.2, 0.25) is 0 Å². The van der Waals surface area contributed by atoms with Gasteiger partial charge in [0.1, 0.15) is 0 Å². The van der Waals surface area contributed by atoms with Gasteiger partial charge in [-0.15, -0.1) is 0 Å². The molecule has 4 aliphatic carbocycles. The molecule has 0 aliphatic heterocycles. The van der Waals surface area contributed by atoms with Crippen LogP contribution in [0.25, 0.3) is 0 Å². The molecule has 6 unspecified atom stereocenters. The van der Waals surface area contributed by atoms with E-state index < -0.39 is 0 Å². The molecule has 1 heteroatoms. The van der Waals surface area contributed by atoms with E-state index in [0.717, 1.165) is 35.7 Å². The Morgan fingerprint density at radius 2 is 2.12 bits per heavy atom. The Morgan fingerprint density at radius 3 is 2.69 bits per heavy atom. The van der Waals surface area contributed by atoms with Gasteiger partial charge in [-0.05, 0) is 59.8 Å². The Bertz CT molecular complexity index is 332. The second kappa shape index (κ2) is 3.13. The monoisotopic (exact) mass is 220 g/mol. The first kappa shape index (κ1) is 10.8. The molecule has 4 rings (SSSR count). The van der Waals surface area contributed by atoms with Crippen LogP contribution in [0.2, 0.25) is 0 Å². The normalized spacial score (nSPS) is 55.1. The van der Waals surface area contributed by atoms with E-state index in [0.29, 0.717) is 11.3 Å². The smallest absolute Gasteiger partial charge is 0.0753 e. The molecule has 6 atom stereocenters. The number of fused-ring (bicyclic) bond motifs is 2. The van der Waals surface area contributed by atoms with Crippen molar-refractivity contribution in [3.63, 3.8) is 0 Å². The van der Waals surface area contributed by atoms with Crippen LogP contribution in [0.3, 0.4) is 0 Å². The molecule has 4 fully saturated rings. The molecular weight excluding hydrogens is 196 g/mol. The molecule has 0 radical (unpaired) electrons. The molecule has 0 heterocycles. The van der Waals surface area contributed by atoms with E-state index in [2.05, 4.69) is 27.4 Å². The fourth-order valence-electron chi connectivity index (χ4n) is 5.25. The lowest BCUT2D eigenvalue weighted by Gasteiger charge is -2.71. The highest BCUT2D eigenvalue weighted by atomic mass is 16.3. The van der Waals surface area contributed by atoms with Gasteiger partial charge in [0.05, 0.1) is 6.10 Å². The molecule has 16 heavy (non-hydrogen) atoms. The summed E-state index contributed by atoms with van der Waals surface area (Å²) in [4.78, 5) is 0. The first-order chi connectivity index (χ1) is 7.47. The average Bonchev–Trinajstić information content (AvgIpc) is 2.22. The molecule has 0 aromatic heterocycles. The van der Waals surface area contributed by atoms with Crippen LogP contribution in [0, 0.1) is 35.0 Å². The summed E-state index contributed by atoms with van der Waals surface area (Å²) >= 11 is 0. The minimum atomic E-state index is -0.203. The van der Waals surface area contributed by atoms with E-state index in [-0.39, 0.29) is 6.10 Å². The SMILES string of the molecule is C=C1C(O)CC2C3C(C(C)C)CCC2(C)C13. The second-order valence-electron chi connectivity index (χ2n) is 6.94. The number of aliphatic hydroxyl groups excluding tert-OH is 1. The van der Waals surface area contributed by atoms with Crippen molar-refractivity contribution in [2.24, 2.45) is 35.0 Å². The van der Waals surface area contributed by atoms with E-state index in [1.54, 1.807) is 0 Å². The fourth-order valence-corrected chi connectivity index (χ4v) is 5.25. The van der Waals surface area contributed by atoms with Gasteiger partial charge in [-0.2, -0.15) is 0 Å². The van der Waals surface area contributed by atoms with Crippen LogP contribution in [0.15, 0.2) is 12.2 Å². The van der Waals surface area contributed by atoms with Crippen molar-refractivity contribution in [3.05, 3.63) is 12.2 Å². The minimum Gasteiger partial charge on any atom is -0.389 e. The zero-order chi connectivity index (χ0) is 11.7. The standard InChI is InChI=1S/C15H24O/c1-8(2)10-5-6-15(4)11-7-12(16)9(3)14(15)13(10)11/h8,10-14,16H,3,5-7H2,1-2,4H3. The maximum absolute atomic E-state index is 9.97. The Kier molecular flexibility index (Phi) is 2.12. The lowest BCUT2D eigenvalue weighted by Crippen LogP contribution is -2.67. The first-order valence-electron chi connectivity index (χ1n) is 6.83. The molecule has 4 saturated carbocycles. The predicted octanol–water partition coefficient (Wildman–Crippen LogP) is 3.24. The summed E-state index contributed by atoms with van der Waals surface area (Å²) in [5.74, 6) is 3.92. The Balaban J connectivity index is 1.93. The molecule has 0 amide bonds. The Morgan fingerprint density at radius 1 is 1.44 bits per heavy atom. The highest BCUT2D eigenvalue weighted by Gasteiger charge is 2.67. The van der Waals surface area contributed by atoms with Crippen molar-refractivity contribution in [2.45, 2.75) is 46.1 Å². The molecule has 1 N–H and O–H groups in total. The minimum absolute atomic E-state index is 0.203. The van der Waals surface area contributed by atoms with Gasteiger partial charge < -0.3 is 5.11 Å².